The number of anilines is 2. The maximum absolute atomic E-state index is 12.7. The first kappa shape index (κ1) is 19.7. The minimum absolute atomic E-state index is 0.101. The van der Waals surface area contributed by atoms with Gasteiger partial charge in [0.25, 0.3) is 0 Å². The molecule has 1 aliphatic rings. The van der Waals surface area contributed by atoms with Crippen LogP contribution in [-0.2, 0) is 9.59 Å². The number of benzene rings is 2. The molecule has 2 aromatic rings. The van der Waals surface area contributed by atoms with Crippen molar-refractivity contribution in [1.82, 2.24) is 0 Å². The minimum atomic E-state index is -0.434. The quantitative estimate of drug-likeness (QED) is 0.671. The highest BCUT2D eigenvalue weighted by Gasteiger charge is 2.35. The maximum atomic E-state index is 12.7. The van der Waals surface area contributed by atoms with Gasteiger partial charge >= 0.3 is 0 Å². The van der Waals surface area contributed by atoms with Crippen molar-refractivity contribution in [2.75, 3.05) is 31.0 Å². The van der Waals surface area contributed by atoms with E-state index in [0.717, 1.165) is 8.95 Å². The van der Waals surface area contributed by atoms with Crippen molar-refractivity contribution in [3.63, 3.8) is 0 Å². The second kappa shape index (κ2) is 8.31. The second-order valence-corrected chi connectivity index (χ2v) is 7.83. The molecule has 0 radical (unpaired) electrons. The number of carbonyl (C=O) groups is 2. The van der Waals surface area contributed by atoms with Crippen LogP contribution in [0.3, 0.4) is 0 Å². The number of hydrogen-bond donors (Lipinski definition) is 1. The van der Waals surface area contributed by atoms with Crippen LogP contribution in [0.5, 0.6) is 11.5 Å². The van der Waals surface area contributed by atoms with Gasteiger partial charge in [0.15, 0.2) is 11.5 Å². The Morgan fingerprint density at radius 1 is 1.11 bits per heavy atom. The Morgan fingerprint density at radius 2 is 1.85 bits per heavy atom. The lowest BCUT2D eigenvalue weighted by Crippen LogP contribution is -2.28. The fourth-order valence-corrected chi connectivity index (χ4v) is 3.66. The van der Waals surface area contributed by atoms with Gasteiger partial charge in [-0.25, -0.2) is 0 Å². The van der Waals surface area contributed by atoms with Crippen molar-refractivity contribution in [2.24, 2.45) is 5.92 Å². The van der Waals surface area contributed by atoms with Gasteiger partial charge in [0.1, 0.15) is 0 Å². The van der Waals surface area contributed by atoms with Crippen molar-refractivity contribution in [1.29, 1.82) is 0 Å². The summed E-state index contributed by atoms with van der Waals surface area (Å²) in [5, 5.41) is 2.89. The van der Waals surface area contributed by atoms with Gasteiger partial charge in [-0.15, -0.1) is 0 Å². The molecule has 0 aromatic heterocycles. The van der Waals surface area contributed by atoms with Gasteiger partial charge in [-0.3, -0.25) is 9.59 Å². The fraction of sp³-hybridized carbons (Fsp3) is 0.263. The van der Waals surface area contributed by atoms with Crippen molar-refractivity contribution < 1.29 is 19.1 Å². The molecule has 6 nitrogen and oxygen atoms in total. The third-order valence-corrected chi connectivity index (χ3v) is 5.55. The van der Waals surface area contributed by atoms with E-state index < -0.39 is 5.92 Å². The SMILES string of the molecule is COc1ccc(N2CC(C(=O)Nc3cc(Br)ccc3Br)CC2=O)cc1OC. The van der Waals surface area contributed by atoms with E-state index >= 15 is 0 Å². The first-order chi connectivity index (χ1) is 12.9. The lowest BCUT2D eigenvalue weighted by molar-refractivity contribution is -0.122. The number of hydrogen-bond acceptors (Lipinski definition) is 4. The zero-order valence-electron chi connectivity index (χ0n) is 14.8. The normalized spacial score (nSPS) is 16.4. The van der Waals surface area contributed by atoms with E-state index in [2.05, 4.69) is 37.2 Å². The largest absolute Gasteiger partial charge is 0.493 e. The van der Waals surface area contributed by atoms with Crippen LogP contribution in [0.15, 0.2) is 45.3 Å². The molecule has 0 aliphatic carbocycles. The first-order valence-electron chi connectivity index (χ1n) is 8.21. The standard InChI is InChI=1S/C19H18Br2N2O4/c1-26-16-6-4-13(9-17(16)27-2)23-10-11(7-18(23)24)19(25)22-15-8-12(20)3-5-14(15)21/h3-6,8-9,11H,7,10H2,1-2H3,(H,22,25). The predicted octanol–water partition coefficient (Wildman–Crippen LogP) is 4.22. The molecule has 2 amide bonds. The summed E-state index contributed by atoms with van der Waals surface area (Å²) in [6.45, 7) is 0.311. The van der Waals surface area contributed by atoms with E-state index in [1.165, 1.54) is 0 Å². The second-order valence-electron chi connectivity index (χ2n) is 6.06. The minimum Gasteiger partial charge on any atom is -0.493 e. The van der Waals surface area contributed by atoms with E-state index in [9.17, 15) is 9.59 Å². The molecule has 1 aliphatic heterocycles. The zero-order valence-corrected chi connectivity index (χ0v) is 18.0. The van der Waals surface area contributed by atoms with Crippen molar-refractivity contribution in [3.8, 4) is 11.5 Å². The summed E-state index contributed by atoms with van der Waals surface area (Å²) in [5.74, 6) is 0.396. The number of methoxy groups -OCH3 is 2. The van der Waals surface area contributed by atoms with Crippen LogP contribution in [0, 0.1) is 5.92 Å². The molecule has 0 saturated carbocycles. The number of nitrogens with one attached hydrogen (secondary N) is 1. The smallest absolute Gasteiger partial charge is 0.229 e. The molecule has 2 aromatic carbocycles. The Labute approximate surface area is 174 Å². The lowest BCUT2D eigenvalue weighted by Gasteiger charge is -2.18. The van der Waals surface area contributed by atoms with Gasteiger partial charge in [0.05, 0.1) is 25.8 Å². The molecule has 0 spiro atoms. The molecule has 1 N–H and O–H groups in total. The Bertz CT molecular complexity index is 888. The fourth-order valence-electron chi connectivity index (χ4n) is 2.95. The van der Waals surface area contributed by atoms with Gasteiger partial charge in [-0.05, 0) is 46.3 Å². The van der Waals surface area contributed by atoms with Gasteiger partial charge in [-0.2, -0.15) is 0 Å². The summed E-state index contributed by atoms with van der Waals surface area (Å²) >= 11 is 6.81. The molecule has 8 heteroatoms. The van der Waals surface area contributed by atoms with Crippen molar-refractivity contribution in [2.45, 2.75) is 6.42 Å². The average molecular weight is 498 g/mol. The zero-order chi connectivity index (χ0) is 19.6. The topological polar surface area (TPSA) is 67.9 Å². The van der Waals surface area contributed by atoms with Crippen LogP contribution in [0.1, 0.15) is 6.42 Å². The summed E-state index contributed by atoms with van der Waals surface area (Å²) < 4.78 is 12.2. The van der Waals surface area contributed by atoms with Gasteiger partial charge in [-0.1, -0.05) is 15.9 Å². The molecular formula is C19H18Br2N2O4. The lowest BCUT2D eigenvalue weighted by atomic mass is 10.1. The Kier molecular flexibility index (Phi) is 6.06. The monoisotopic (exact) mass is 496 g/mol. The number of carbonyl (C=O) groups excluding carboxylic acids is 2. The van der Waals surface area contributed by atoms with E-state index in [4.69, 9.17) is 9.47 Å². The number of ether oxygens (including phenoxy) is 2. The Hall–Kier alpha value is -2.06. The number of rotatable bonds is 5. The molecular weight excluding hydrogens is 480 g/mol. The highest BCUT2D eigenvalue weighted by molar-refractivity contribution is 9.11. The van der Waals surface area contributed by atoms with E-state index in [-0.39, 0.29) is 18.2 Å². The van der Waals surface area contributed by atoms with E-state index in [0.29, 0.717) is 29.4 Å². The molecule has 1 fully saturated rings. The van der Waals surface area contributed by atoms with Crippen LogP contribution in [-0.4, -0.2) is 32.6 Å². The third-order valence-electron chi connectivity index (χ3n) is 4.36. The average Bonchev–Trinajstić information content (AvgIpc) is 3.06. The van der Waals surface area contributed by atoms with Crippen LogP contribution in [0.25, 0.3) is 0 Å². The van der Waals surface area contributed by atoms with Gasteiger partial charge < -0.3 is 19.7 Å². The van der Waals surface area contributed by atoms with Crippen molar-refractivity contribution >= 4 is 55.0 Å². The highest BCUT2D eigenvalue weighted by Crippen LogP contribution is 2.34. The van der Waals surface area contributed by atoms with Crippen LogP contribution >= 0.6 is 31.9 Å². The highest BCUT2D eigenvalue weighted by atomic mass is 79.9. The summed E-state index contributed by atoms with van der Waals surface area (Å²) in [4.78, 5) is 26.7. The van der Waals surface area contributed by atoms with Crippen molar-refractivity contribution in [3.05, 3.63) is 45.3 Å². The molecule has 0 bridgehead atoms. The van der Waals surface area contributed by atoms with Gasteiger partial charge in [0, 0.05) is 33.7 Å². The summed E-state index contributed by atoms with van der Waals surface area (Å²) in [6, 6.07) is 10.8. The summed E-state index contributed by atoms with van der Waals surface area (Å²) in [7, 11) is 3.10. The summed E-state index contributed by atoms with van der Waals surface area (Å²) in [5.41, 5.74) is 1.34. The van der Waals surface area contributed by atoms with Crippen LogP contribution in [0.2, 0.25) is 0 Å². The first-order valence-corrected chi connectivity index (χ1v) is 9.80. The molecule has 1 unspecified atom stereocenters. The molecule has 142 valence electrons. The third kappa shape index (κ3) is 4.27. The molecule has 3 rings (SSSR count). The molecule has 1 atom stereocenters. The summed E-state index contributed by atoms with van der Waals surface area (Å²) in [6.07, 6.45) is 0.159. The number of nitrogens with zero attached hydrogens (tertiary/aromatic N) is 1. The Morgan fingerprint density at radius 3 is 2.56 bits per heavy atom. The molecule has 27 heavy (non-hydrogen) atoms. The molecule has 1 saturated heterocycles. The number of amides is 2. The van der Waals surface area contributed by atoms with Gasteiger partial charge in [0.2, 0.25) is 11.8 Å². The molecule has 1 heterocycles. The van der Waals surface area contributed by atoms with E-state index in [1.807, 2.05) is 18.2 Å². The Balaban J connectivity index is 1.75. The predicted molar refractivity (Wildman–Crippen MR) is 110 cm³/mol. The van der Waals surface area contributed by atoms with E-state index in [1.54, 1.807) is 37.3 Å². The maximum Gasteiger partial charge on any atom is 0.229 e. The van der Waals surface area contributed by atoms with Crippen LogP contribution in [0.4, 0.5) is 11.4 Å². The number of halogens is 2. The van der Waals surface area contributed by atoms with Crippen LogP contribution < -0.4 is 19.7 Å².